The summed E-state index contributed by atoms with van der Waals surface area (Å²) in [6.07, 6.45) is 0.589. The van der Waals surface area contributed by atoms with E-state index in [0.29, 0.717) is 25.1 Å². The lowest BCUT2D eigenvalue weighted by Gasteiger charge is -2.22. The zero-order valence-electron chi connectivity index (χ0n) is 11.4. The van der Waals surface area contributed by atoms with Crippen LogP contribution in [0.2, 0.25) is 0 Å². The quantitative estimate of drug-likeness (QED) is 0.876. The molecular weight excluding hydrogens is 250 g/mol. The lowest BCUT2D eigenvalue weighted by molar-refractivity contribution is 0.0732. The van der Waals surface area contributed by atoms with Crippen LogP contribution in [-0.4, -0.2) is 29.1 Å². The number of hydrogen-bond acceptors (Lipinski definition) is 2. The van der Waals surface area contributed by atoms with Crippen molar-refractivity contribution >= 4 is 5.91 Å². The van der Waals surface area contributed by atoms with Gasteiger partial charge in [0.2, 0.25) is 0 Å². The highest BCUT2D eigenvalue weighted by Gasteiger charge is 2.15. The van der Waals surface area contributed by atoms with E-state index >= 15 is 0 Å². The molecule has 2 aromatic carbocycles. The molecule has 0 unspecified atom stereocenters. The third-order valence-corrected chi connectivity index (χ3v) is 3.11. The third-order valence-electron chi connectivity index (χ3n) is 3.11. The molecule has 0 saturated carbocycles. The Morgan fingerprint density at radius 2 is 1.55 bits per heavy atom. The van der Waals surface area contributed by atoms with E-state index in [-0.39, 0.29) is 12.5 Å². The van der Waals surface area contributed by atoms with Crippen LogP contribution in [0.25, 0.3) is 0 Å². The normalized spacial score (nSPS) is 10.2. The van der Waals surface area contributed by atoms with Crippen LogP contribution in [0.4, 0.5) is 0 Å². The van der Waals surface area contributed by atoms with Crippen LogP contribution in [0.5, 0.6) is 0 Å². The number of amides is 1. The lowest BCUT2D eigenvalue weighted by Crippen LogP contribution is -2.32. The minimum absolute atomic E-state index is 0.00269. The molecule has 0 bridgehead atoms. The Labute approximate surface area is 119 Å². The van der Waals surface area contributed by atoms with Crippen molar-refractivity contribution in [3.8, 4) is 0 Å². The fourth-order valence-corrected chi connectivity index (χ4v) is 2.08. The molecule has 20 heavy (non-hydrogen) atoms. The molecule has 0 aliphatic carbocycles. The predicted octanol–water partition coefficient (Wildman–Crippen LogP) is 2.71. The molecule has 0 fully saturated rings. The largest absolute Gasteiger partial charge is 0.396 e. The lowest BCUT2D eigenvalue weighted by atomic mass is 10.1. The molecule has 1 amide bonds. The molecule has 104 valence electrons. The number of aliphatic hydroxyl groups is 1. The van der Waals surface area contributed by atoms with Crippen molar-refractivity contribution in [2.45, 2.75) is 13.0 Å². The number of rotatable bonds is 6. The third kappa shape index (κ3) is 3.93. The van der Waals surface area contributed by atoms with E-state index < -0.39 is 0 Å². The van der Waals surface area contributed by atoms with Crippen molar-refractivity contribution in [2.24, 2.45) is 0 Å². The highest BCUT2D eigenvalue weighted by molar-refractivity contribution is 5.94. The summed E-state index contributed by atoms with van der Waals surface area (Å²) in [4.78, 5) is 14.3. The van der Waals surface area contributed by atoms with E-state index in [0.717, 1.165) is 5.56 Å². The number of aliphatic hydroxyl groups excluding tert-OH is 1. The van der Waals surface area contributed by atoms with E-state index in [1.165, 1.54) is 0 Å². The van der Waals surface area contributed by atoms with E-state index in [2.05, 4.69) is 0 Å². The van der Waals surface area contributed by atoms with Gasteiger partial charge in [-0.05, 0) is 24.1 Å². The molecule has 0 aliphatic rings. The number of nitrogens with zero attached hydrogens (tertiary/aromatic N) is 1. The summed E-state index contributed by atoms with van der Waals surface area (Å²) in [6, 6.07) is 19.2. The van der Waals surface area contributed by atoms with E-state index in [1.807, 2.05) is 60.7 Å². The molecule has 0 atom stereocenters. The Balaban J connectivity index is 2.13. The fraction of sp³-hybridized carbons (Fsp3) is 0.235. The summed E-state index contributed by atoms with van der Waals surface area (Å²) >= 11 is 0. The monoisotopic (exact) mass is 269 g/mol. The number of hydrogen-bond donors (Lipinski definition) is 1. The summed E-state index contributed by atoms with van der Waals surface area (Å²) < 4.78 is 0. The maximum absolute atomic E-state index is 12.5. The summed E-state index contributed by atoms with van der Waals surface area (Å²) in [5.74, 6) is 0.00269. The average molecular weight is 269 g/mol. The molecule has 0 aliphatic heterocycles. The Morgan fingerprint density at radius 1 is 0.950 bits per heavy atom. The summed E-state index contributed by atoms with van der Waals surface area (Å²) in [5, 5.41) is 9.00. The van der Waals surface area contributed by atoms with Crippen molar-refractivity contribution < 1.29 is 9.90 Å². The van der Waals surface area contributed by atoms with E-state index in [1.54, 1.807) is 4.90 Å². The first-order valence-corrected chi connectivity index (χ1v) is 6.80. The summed E-state index contributed by atoms with van der Waals surface area (Å²) in [5.41, 5.74) is 1.77. The fourth-order valence-electron chi connectivity index (χ4n) is 2.08. The van der Waals surface area contributed by atoms with Gasteiger partial charge in [0.25, 0.3) is 5.91 Å². The van der Waals surface area contributed by atoms with Crippen LogP contribution in [-0.2, 0) is 6.54 Å². The van der Waals surface area contributed by atoms with Gasteiger partial charge in [-0.15, -0.1) is 0 Å². The molecule has 1 N–H and O–H groups in total. The second-order valence-corrected chi connectivity index (χ2v) is 4.66. The Hall–Kier alpha value is -2.13. The molecule has 0 aromatic heterocycles. The first-order chi connectivity index (χ1) is 9.81. The highest BCUT2D eigenvalue weighted by Crippen LogP contribution is 2.10. The maximum Gasteiger partial charge on any atom is 0.254 e. The van der Waals surface area contributed by atoms with Crippen LogP contribution < -0.4 is 0 Å². The standard InChI is InChI=1S/C17H19NO2/c19-13-7-12-18(14-15-8-3-1-4-9-15)17(20)16-10-5-2-6-11-16/h1-6,8-11,19H,7,12-14H2. The van der Waals surface area contributed by atoms with Gasteiger partial charge in [-0.25, -0.2) is 0 Å². The zero-order chi connectivity index (χ0) is 14.2. The second kappa shape index (κ2) is 7.46. The highest BCUT2D eigenvalue weighted by atomic mass is 16.3. The number of carbonyl (C=O) groups is 1. The molecule has 2 rings (SSSR count). The van der Waals surface area contributed by atoms with Crippen molar-refractivity contribution in [1.29, 1.82) is 0 Å². The van der Waals surface area contributed by atoms with Crippen molar-refractivity contribution in [3.05, 3.63) is 71.8 Å². The van der Waals surface area contributed by atoms with Gasteiger partial charge < -0.3 is 10.0 Å². The Bertz CT molecular complexity index is 525. The molecule has 0 heterocycles. The van der Waals surface area contributed by atoms with Crippen LogP contribution >= 0.6 is 0 Å². The van der Waals surface area contributed by atoms with Gasteiger partial charge in [0.1, 0.15) is 0 Å². The van der Waals surface area contributed by atoms with Gasteiger partial charge in [0, 0.05) is 25.3 Å². The predicted molar refractivity (Wildman–Crippen MR) is 79.3 cm³/mol. The Kier molecular flexibility index (Phi) is 5.33. The molecular formula is C17H19NO2. The molecule has 0 spiro atoms. The molecule has 3 nitrogen and oxygen atoms in total. The van der Waals surface area contributed by atoms with Gasteiger partial charge in [0.15, 0.2) is 0 Å². The molecule has 2 aromatic rings. The minimum atomic E-state index is 0.00269. The van der Waals surface area contributed by atoms with Crippen LogP contribution in [0, 0.1) is 0 Å². The molecule has 3 heteroatoms. The zero-order valence-corrected chi connectivity index (χ0v) is 11.4. The van der Waals surface area contributed by atoms with E-state index in [9.17, 15) is 4.79 Å². The maximum atomic E-state index is 12.5. The smallest absolute Gasteiger partial charge is 0.254 e. The topological polar surface area (TPSA) is 40.5 Å². The van der Waals surface area contributed by atoms with Crippen molar-refractivity contribution in [3.63, 3.8) is 0 Å². The number of carbonyl (C=O) groups excluding carboxylic acids is 1. The van der Waals surface area contributed by atoms with Crippen LogP contribution in [0.1, 0.15) is 22.3 Å². The SMILES string of the molecule is O=C(c1ccccc1)N(CCCO)Cc1ccccc1. The summed E-state index contributed by atoms with van der Waals surface area (Å²) in [6.45, 7) is 1.21. The number of benzene rings is 2. The Morgan fingerprint density at radius 3 is 2.15 bits per heavy atom. The first kappa shape index (κ1) is 14.3. The van der Waals surface area contributed by atoms with Gasteiger partial charge in [-0.3, -0.25) is 4.79 Å². The second-order valence-electron chi connectivity index (χ2n) is 4.66. The molecule has 0 radical (unpaired) electrons. The minimum Gasteiger partial charge on any atom is -0.396 e. The summed E-state index contributed by atoms with van der Waals surface area (Å²) in [7, 11) is 0. The molecule has 0 saturated heterocycles. The van der Waals surface area contributed by atoms with Gasteiger partial charge >= 0.3 is 0 Å². The van der Waals surface area contributed by atoms with Gasteiger partial charge in [-0.1, -0.05) is 48.5 Å². The average Bonchev–Trinajstić information content (AvgIpc) is 2.52. The van der Waals surface area contributed by atoms with Gasteiger partial charge in [0.05, 0.1) is 0 Å². The van der Waals surface area contributed by atoms with Gasteiger partial charge in [-0.2, -0.15) is 0 Å². The van der Waals surface area contributed by atoms with Crippen molar-refractivity contribution in [2.75, 3.05) is 13.2 Å². The van der Waals surface area contributed by atoms with Crippen LogP contribution in [0.15, 0.2) is 60.7 Å². The van der Waals surface area contributed by atoms with Crippen LogP contribution in [0.3, 0.4) is 0 Å². The van der Waals surface area contributed by atoms with Crippen molar-refractivity contribution in [1.82, 2.24) is 4.90 Å². The first-order valence-electron chi connectivity index (χ1n) is 6.80. The van der Waals surface area contributed by atoms with E-state index in [4.69, 9.17) is 5.11 Å².